The summed E-state index contributed by atoms with van der Waals surface area (Å²) in [6.45, 7) is 1.48. The number of hydrogen-bond acceptors (Lipinski definition) is 5. The predicted molar refractivity (Wildman–Crippen MR) is 59.0 cm³/mol. The normalized spacial score (nSPS) is 28.3. The first-order chi connectivity index (χ1) is 7.99. The van der Waals surface area contributed by atoms with Crippen molar-refractivity contribution in [3.05, 3.63) is 0 Å². The largest absolute Gasteiger partial charge is 0.469 e. The maximum Gasteiger partial charge on any atom is 0.308 e. The van der Waals surface area contributed by atoms with Gasteiger partial charge in [-0.15, -0.1) is 0 Å². The van der Waals surface area contributed by atoms with Crippen LogP contribution in [-0.4, -0.2) is 31.9 Å². The molecule has 1 aliphatic carbocycles. The Morgan fingerprint density at radius 3 is 1.47 bits per heavy atom. The van der Waals surface area contributed by atoms with Crippen LogP contribution in [0, 0.1) is 17.8 Å². The average molecular weight is 242 g/mol. The zero-order valence-corrected chi connectivity index (χ0v) is 10.4. The number of carbonyl (C=O) groups excluding carboxylic acids is 3. The van der Waals surface area contributed by atoms with Crippen molar-refractivity contribution >= 4 is 17.7 Å². The Bertz CT molecular complexity index is 299. The van der Waals surface area contributed by atoms with Crippen molar-refractivity contribution in [2.45, 2.75) is 26.2 Å². The van der Waals surface area contributed by atoms with Gasteiger partial charge in [-0.25, -0.2) is 0 Å². The van der Waals surface area contributed by atoms with Crippen molar-refractivity contribution in [3.8, 4) is 0 Å². The van der Waals surface area contributed by atoms with Crippen LogP contribution in [0.1, 0.15) is 26.2 Å². The molecule has 0 saturated heterocycles. The maximum atomic E-state index is 11.5. The summed E-state index contributed by atoms with van der Waals surface area (Å²) in [5.41, 5.74) is 0. The topological polar surface area (TPSA) is 69.7 Å². The van der Waals surface area contributed by atoms with Crippen LogP contribution < -0.4 is 0 Å². The highest BCUT2D eigenvalue weighted by atomic mass is 16.5. The molecule has 0 aromatic heterocycles. The summed E-state index contributed by atoms with van der Waals surface area (Å²) in [5.74, 6) is -1.72. The summed E-state index contributed by atoms with van der Waals surface area (Å²) in [6, 6.07) is 0. The van der Waals surface area contributed by atoms with E-state index in [2.05, 4.69) is 9.47 Å². The summed E-state index contributed by atoms with van der Waals surface area (Å²) in [4.78, 5) is 34.4. The number of esters is 2. The summed E-state index contributed by atoms with van der Waals surface area (Å²) >= 11 is 0. The van der Waals surface area contributed by atoms with Crippen molar-refractivity contribution in [1.29, 1.82) is 0 Å². The second-order valence-corrected chi connectivity index (χ2v) is 4.45. The first-order valence-corrected chi connectivity index (χ1v) is 5.65. The van der Waals surface area contributed by atoms with Crippen LogP contribution in [0.4, 0.5) is 0 Å². The van der Waals surface area contributed by atoms with Crippen molar-refractivity contribution in [1.82, 2.24) is 0 Å². The van der Waals surface area contributed by atoms with Gasteiger partial charge in [0.05, 0.1) is 26.1 Å². The Kier molecular flexibility index (Phi) is 4.66. The van der Waals surface area contributed by atoms with Gasteiger partial charge in [0.1, 0.15) is 5.78 Å². The number of Topliss-reactive ketones (excluding diaryl/α,β-unsaturated/α-hetero) is 1. The van der Waals surface area contributed by atoms with Gasteiger partial charge in [-0.3, -0.25) is 14.4 Å². The van der Waals surface area contributed by atoms with E-state index >= 15 is 0 Å². The molecular weight excluding hydrogens is 224 g/mol. The van der Waals surface area contributed by atoms with Gasteiger partial charge < -0.3 is 9.47 Å². The summed E-state index contributed by atoms with van der Waals surface area (Å²) in [6.07, 6.45) is 1.34. The first kappa shape index (κ1) is 13.7. The van der Waals surface area contributed by atoms with Crippen LogP contribution in [0.25, 0.3) is 0 Å². The van der Waals surface area contributed by atoms with E-state index in [0.717, 1.165) is 0 Å². The molecule has 0 amide bonds. The molecule has 0 radical (unpaired) electrons. The highest BCUT2D eigenvalue weighted by Gasteiger charge is 2.38. The smallest absolute Gasteiger partial charge is 0.308 e. The monoisotopic (exact) mass is 242 g/mol. The molecule has 0 spiro atoms. The third kappa shape index (κ3) is 3.28. The van der Waals surface area contributed by atoms with Gasteiger partial charge in [0.2, 0.25) is 0 Å². The average Bonchev–Trinajstić information content (AvgIpc) is 2.36. The second kappa shape index (κ2) is 5.80. The van der Waals surface area contributed by atoms with E-state index in [1.165, 1.54) is 21.1 Å². The number of ketones is 1. The molecule has 17 heavy (non-hydrogen) atoms. The molecule has 0 aliphatic heterocycles. The molecule has 1 fully saturated rings. The lowest BCUT2D eigenvalue weighted by molar-refractivity contribution is -0.153. The second-order valence-electron chi connectivity index (χ2n) is 4.45. The number of rotatable bonds is 3. The van der Waals surface area contributed by atoms with Crippen LogP contribution in [0.2, 0.25) is 0 Å². The zero-order valence-electron chi connectivity index (χ0n) is 10.4. The molecule has 0 aromatic carbocycles. The minimum Gasteiger partial charge on any atom is -0.469 e. The highest BCUT2D eigenvalue weighted by molar-refractivity contribution is 5.82. The van der Waals surface area contributed by atoms with Crippen molar-refractivity contribution in [3.63, 3.8) is 0 Å². The molecule has 1 saturated carbocycles. The van der Waals surface area contributed by atoms with Gasteiger partial charge in [0.25, 0.3) is 0 Å². The summed E-state index contributed by atoms with van der Waals surface area (Å²) < 4.78 is 9.35. The predicted octanol–water partition coefficient (Wildman–Crippen LogP) is 0.954. The van der Waals surface area contributed by atoms with Crippen LogP contribution in [0.15, 0.2) is 0 Å². The fourth-order valence-electron chi connectivity index (χ4n) is 2.37. The van der Waals surface area contributed by atoms with E-state index in [1.807, 2.05) is 0 Å². The van der Waals surface area contributed by atoms with Gasteiger partial charge in [-0.1, -0.05) is 0 Å². The lowest BCUT2D eigenvalue weighted by Gasteiger charge is -2.30. The van der Waals surface area contributed by atoms with Crippen LogP contribution >= 0.6 is 0 Å². The van der Waals surface area contributed by atoms with Gasteiger partial charge >= 0.3 is 11.9 Å². The summed E-state index contributed by atoms with van der Waals surface area (Å²) in [7, 11) is 2.62. The molecule has 96 valence electrons. The maximum absolute atomic E-state index is 11.5. The molecular formula is C12H18O5. The van der Waals surface area contributed by atoms with Gasteiger partial charge in [-0.2, -0.15) is 0 Å². The van der Waals surface area contributed by atoms with Gasteiger partial charge in [0, 0.05) is 5.92 Å². The summed E-state index contributed by atoms with van der Waals surface area (Å²) in [5, 5.41) is 0. The molecule has 0 N–H and O–H groups in total. The van der Waals surface area contributed by atoms with Gasteiger partial charge in [-0.05, 0) is 26.2 Å². The van der Waals surface area contributed by atoms with Crippen LogP contribution in [0.3, 0.4) is 0 Å². The molecule has 1 rings (SSSR count). The zero-order chi connectivity index (χ0) is 13.0. The van der Waals surface area contributed by atoms with Crippen LogP contribution in [0.5, 0.6) is 0 Å². The number of hydrogen-bond donors (Lipinski definition) is 0. The van der Waals surface area contributed by atoms with E-state index in [-0.39, 0.29) is 35.5 Å². The van der Waals surface area contributed by atoms with E-state index < -0.39 is 0 Å². The first-order valence-electron chi connectivity index (χ1n) is 5.65. The fraction of sp³-hybridized carbons (Fsp3) is 0.750. The molecule has 0 heterocycles. The number of carbonyl (C=O) groups is 3. The van der Waals surface area contributed by atoms with E-state index in [4.69, 9.17) is 0 Å². The Hall–Kier alpha value is -1.39. The lowest BCUT2D eigenvalue weighted by atomic mass is 9.74. The molecule has 3 atom stereocenters. The van der Waals surface area contributed by atoms with Crippen LogP contribution in [-0.2, 0) is 23.9 Å². The van der Waals surface area contributed by atoms with Crippen molar-refractivity contribution in [2.75, 3.05) is 14.2 Å². The standard InChI is InChI=1S/C12H18O5/c1-7(13)8-4-9(11(14)16-2)6-10(5-8)12(15)17-3/h8-10H,4-6H2,1-3H3/t8?,9-,10?/m1/s1. The molecule has 0 bridgehead atoms. The van der Waals surface area contributed by atoms with Crippen molar-refractivity contribution in [2.24, 2.45) is 17.8 Å². The minimum atomic E-state index is -0.383. The third-order valence-electron chi connectivity index (χ3n) is 3.35. The quantitative estimate of drug-likeness (QED) is 0.689. The molecule has 0 aromatic rings. The van der Waals surface area contributed by atoms with Crippen molar-refractivity contribution < 1.29 is 23.9 Å². The third-order valence-corrected chi connectivity index (χ3v) is 3.35. The molecule has 1 aliphatic rings. The van der Waals surface area contributed by atoms with E-state index in [0.29, 0.717) is 19.3 Å². The van der Waals surface area contributed by atoms with Gasteiger partial charge in [0.15, 0.2) is 0 Å². The van der Waals surface area contributed by atoms with E-state index in [1.54, 1.807) is 0 Å². The molecule has 2 unspecified atom stereocenters. The van der Waals surface area contributed by atoms with E-state index in [9.17, 15) is 14.4 Å². The Balaban J connectivity index is 2.79. The SMILES string of the molecule is COC(=O)C1CC(C(C)=O)C[C@@H](C(=O)OC)C1. The molecule has 5 nitrogen and oxygen atoms in total. The number of methoxy groups -OCH3 is 2. The highest BCUT2D eigenvalue weighted by Crippen LogP contribution is 2.35. The lowest BCUT2D eigenvalue weighted by Crippen LogP contribution is -2.35. The Labute approximate surface area is 100 Å². The Morgan fingerprint density at radius 2 is 1.18 bits per heavy atom. The Morgan fingerprint density at radius 1 is 0.824 bits per heavy atom. The minimum absolute atomic E-state index is 0.00695. The number of ether oxygens (including phenoxy) is 2. The fourth-order valence-corrected chi connectivity index (χ4v) is 2.37. The molecule has 5 heteroatoms.